The molecule has 0 bridgehead atoms. The monoisotopic (exact) mass is 259 g/mol. The Morgan fingerprint density at radius 3 is 2.94 bits per heavy atom. The van der Waals surface area contributed by atoms with Gasteiger partial charge in [-0.1, -0.05) is 11.6 Å². The van der Waals surface area contributed by atoms with E-state index in [1.807, 2.05) is 0 Å². The highest BCUT2D eigenvalue weighted by Crippen LogP contribution is 2.19. The van der Waals surface area contributed by atoms with Gasteiger partial charge in [-0.15, -0.1) is 11.3 Å². The summed E-state index contributed by atoms with van der Waals surface area (Å²) >= 11 is 7.10. The zero-order valence-electron chi connectivity index (χ0n) is 8.91. The van der Waals surface area contributed by atoms with E-state index in [9.17, 15) is 4.79 Å². The van der Waals surface area contributed by atoms with Crippen LogP contribution in [0.1, 0.15) is 23.3 Å². The predicted octanol–water partition coefficient (Wildman–Crippen LogP) is 1.62. The number of carbonyl (C=O) groups excluding carboxylic acids is 1. The van der Waals surface area contributed by atoms with Gasteiger partial charge in [0.15, 0.2) is 5.69 Å². The van der Waals surface area contributed by atoms with Crippen molar-refractivity contribution >= 4 is 28.8 Å². The zero-order valence-corrected chi connectivity index (χ0v) is 10.5. The van der Waals surface area contributed by atoms with Crippen molar-refractivity contribution < 1.29 is 4.79 Å². The number of halogens is 1. The SMILES string of the molecule is O=C(NCCN1CCCC1)c1ncsc1Cl. The van der Waals surface area contributed by atoms with Crippen LogP contribution in [0.5, 0.6) is 0 Å². The average molecular weight is 260 g/mol. The van der Waals surface area contributed by atoms with Crippen molar-refractivity contribution in [3.8, 4) is 0 Å². The van der Waals surface area contributed by atoms with E-state index in [0.29, 0.717) is 16.6 Å². The summed E-state index contributed by atoms with van der Waals surface area (Å²) in [5.41, 5.74) is 1.92. The smallest absolute Gasteiger partial charge is 0.272 e. The van der Waals surface area contributed by atoms with E-state index in [2.05, 4.69) is 15.2 Å². The van der Waals surface area contributed by atoms with Gasteiger partial charge in [-0.25, -0.2) is 4.98 Å². The number of nitrogens with one attached hydrogen (secondary N) is 1. The van der Waals surface area contributed by atoms with Gasteiger partial charge >= 0.3 is 0 Å². The number of rotatable bonds is 4. The normalized spacial score (nSPS) is 16.6. The van der Waals surface area contributed by atoms with Crippen LogP contribution in [0, 0.1) is 0 Å². The van der Waals surface area contributed by atoms with Gasteiger partial charge in [0.2, 0.25) is 0 Å². The van der Waals surface area contributed by atoms with E-state index < -0.39 is 0 Å². The summed E-state index contributed by atoms with van der Waals surface area (Å²) in [6, 6.07) is 0. The van der Waals surface area contributed by atoms with Crippen molar-refractivity contribution in [3.05, 3.63) is 15.5 Å². The molecule has 1 aliphatic rings. The van der Waals surface area contributed by atoms with E-state index in [1.165, 1.54) is 24.2 Å². The molecule has 1 aromatic heterocycles. The quantitative estimate of drug-likeness (QED) is 0.894. The maximum Gasteiger partial charge on any atom is 0.272 e. The van der Waals surface area contributed by atoms with Crippen LogP contribution < -0.4 is 5.32 Å². The van der Waals surface area contributed by atoms with Crippen molar-refractivity contribution in [2.45, 2.75) is 12.8 Å². The van der Waals surface area contributed by atoms with Crippen molar-refractivity contribution in [2.24, 2.45) is 0 Å². The fourth-order valence-electron chi connectivity index (χ4n) is 1.80. The highest BCUT2D eigenvalue weighted by molar-refractivity contribution is 7.14. The molecule has 2 heterocycles. The Morgan fingerprint density at radius 1 is 1.56 bits per heavy atom. The molecule has 0 spiro atoms. The summed E-state index contributed by atoms with van der Waals surface area (Å²) in [4.78, 5) is 17.9. The Hall–Kier alpha value is -0.650. The molecule has 6 heteroatoms. The highest BCUT2D eigenvalue weighted by Gasteiger charge is 2.14. The second-order valence-corrected chi connectivity index (χ2v) is 5.24. The maximum atomic E-state index is 11.6. The molecule has 1 aliphatic heterocycles. The third kappa shape index (κ3) is 2.93. The van der Waals surface area contributed by atoms with E-state index in [0.717, 1.165) is 19.6 Å². The molecule has 0 atom stereocenters. The Bertz CT molecular complexity index is 363. The standard InChI is InChI=1S/C10H14ClN3OS/c11-9-8(13-7-16-9)10(15)12-3-6-14-4-1-2-5-14/h7H,1-6H2,(H,12,15). The first-order chi connectivity index (χ1) is 7.77. The van der Waals surface area contributed by atoms with Gasteiger partial charge in [0.25, 0.3) is 5.91 Å². The summed E-state index contributed by atoms with van der Waals surface area (Å²) in [5, 5.41) is 2.83. The summed E-state index contributed by atoms with van der Waals surface area (Å²) in [7, 11) is 0. The highest BCUT2D eigenvalue weighted by atomic mass is 35.5. The molecular formula is C10H14ClN3OS. The van der Waals surface area contributed by atoms with E-state index >= 15 is 0 Å². The number of aromatic nitrogens is 1. The van der Waals surface area contributed by atoms with Crippen LogP contribution in [0.15, 0.2) is 5.51 Å². The van der Waals surface area contributed by atoms with E-state index in [4.69, 9.17) is 11.6 Å². The largest absolute Gasteiger partial charge is 0.349 e. The average Bonchev–Trinajstić information content (AvgIpc) is 2.88. The topological polar surface area (TPSA) is 45.2 Å². The number of amides is 1. The van der Waals surface area contributed by atoms with Gasteiger partial charge in [-0.3, -0.25) is 4.79 Å². The second kappa shape index (κ2) is 5.61. The minimum Gasteiger partial charge on any atom is -0.349 e. The number of carbonyl (C=O) groups is 1. The van der Waals surface area contributed by atoms with Gasteiger partial charge in [0.05, 0.1) is 5.51 Å². The molecule has 4 nitrogen and oxygen atoms in total. The van der Waals surface area contributed by atoms with Gasteiger partial charge < -0.3 is 10.2 Å². The molecule has 1 amide bonds. The molecule has 0 aliphatic carbocycles. The van der Waals surface area contributed by atoms with Crippen molar-refractivity contribution in [1.29, 1.82) is 0 Å². The third-order valence-corrected chi connectivity index (χ3v) is 3.71. The Labute approximate surface area is 104 Å². The molecular weight excluding hydrogens is 246 g/mol. The van der Waals surface area contributed by atoms with E-state index in [1.54, 1.807) is 5.51 Å². The van der Waals surface area contributed by atoms with Crippen LogP contribution in [-0.2, 0) is 0 Å². The zero-order chi connectivity index (χ0) is 11.4. The third-order valence-electron chi connectivity index (χ3n) is 2.65. The molecule has 1 saturated heterocycles. The van der Waals surface area contributed by atoms with Crippen LogP contribution in [-0.4, -0.2) is 42.0 Å². The summed E-state index contributed by atoms with van der Waals surface area (Å²) < 4.78 is 0.457. The predicted molar refractivity (Wildman–Crippen MR) is 65.1 cm³/mol. The number of likely N-dealkylation sites (tertiary alicyclic amines) is 1. The minimum atomic E-state index is -0.176. The van der Waals surface area contributed by atoms with Crippen molar-refractivity contribution in [3.63, 3.8) is 0 Å². The number of hydrogen-bond donors (Lipinski definition) is 1. The first kappa shape index (κ1) is 11.8. The van der Waals surface area contributed by atoms with Crippen LogP contribution in [0.4, 0.5) is 0 Å². The molecule has 0 unspecified atom stereocenters. The molecule has 1 fully saturated rings. The van der Waals surface area contributed by atoms with Crippen LogP contribution in [0.25, 0.3) is 0 Å². The molecule has 2 rings (SSSR count). The number of nitrogens with zero attached hydrogens (tertiary/aromatic N) is 2. The molecule has 88 valence electrons. The fraction of sp³-hybridized carbons (Fsp3) is 0.600. The van der Waals surface area contributed by atoms with Gasteiger partial charge in [0, 0.05) is 13.1 Å². The maximum absolute atomic E-state index is 11.6. The first-order valence-electron chi connectivity index (χ1n) is 5.37. The van der Waals surface area contributed by atoms with Gasteiger partial charge in [-0.05, 0) is 25.9 Å². The van der Waals surface area contributed by atoms with Gasteiger partial charge in [-0.2, -0.15) is 0 Å². The van der Waals surface area contributed by atoms with Crippen molar-refractivity contribution in [2.75, 3.05) is 26.2 Å². The van der Waals surface area contributed by atoms with Crippen LogP contribution in [0.2, 0.25) is 4.34 Å². The Morgan fingerprint density at radius 2 is 2.31 bits per heavy atom. The lowest BCUT2D eigenvalue weighted by molar-refractivity contribution is 0.0945. The number of thiazole rings is 1. The summed E-state index contributed by atoms with van der Waals surface area (Å²) in [6.45, 7) is 3.86. The first-order valence-corrected chi connectivity index (χ1v) is 6.62. The van der Waals surface area contributed by atoms with Crippen LogP contribution in [0.3, 0.4) is 0 Å². The molecule has 0 radical (unpaired) electrons. The molecule has 0 aromatic carbocycles. The fourth-order valence-corrected chi connectivity index (χ4v) is 2.56. The Balaban J connectivity index is 1.73. The minimum absolute atomic E-state index is 0.176. The summed E-state index contributed by atoms with van der Waals surface area (Å²) in [5.74, 6) is -0.176. The lowest BCUT2D eigenvalue weighted by Crippen LogP contribution is -2.33. The molecule has 0 saturated carbocycles. The second-order valence-electron chi connectivity index (χ2n) is 3.78. The van der Waals surface area contributed by atoms with Crippen molar-refractivity contribution in [1.82, 2.24) is 15.2 Å². The summed E-state index contributed by atoms with van der Waals surface area (Å²) in [6.07, 6.45) is 2.54. The molecule has 1 aromatic rings. The molecule has 16 heavy (non-hydrogen) atoms. The number of hydrogen-bond acceptors (Lipinski definition) is 4. The van der Waals surface area contributed by atoms with Gasteiger partial charge in [0.1, 0.15) is 4.34 Å². The van der Waals surface area contributed by atoms with E-state index in [-0.39, 0.29) is 5.91 Å². The Kier molecular flexibility index (Phi) is 4.15. The lowest BCUT2D eigenvalue weighted by Gasteiger charge is -2.14. The van der Waals surface area contributed by atoms with Crippen LogP contribution >= 0.6 is 22.9 Å². The molecule has 1 N–H and O–H groups in total. The lowest BCUT2D eigenvalue weighted by atomic mass is 10.4.